The standard InChI is InChI=1S/C15H18BrNO2/c1-11-3-4-12(13(16)9-11)5-6-14(18)17-10-15(19)7-2-8-15/h3-6,9,19H,2,7-8,10H2,1H3,(H,17,18)/b6-5+. The van der Waals surface area contributed by atoms with E-state index in [0.29, 0.717) is 6.54 Å². The number of hydrogen-bond donors (Lipinski definition) is 2. The van der Waals surface area contributed by atoms with E-state index < -0.39 is 5.60 Å². The van der Waals surface area contributed by atoms with Gasteiger partial charge in [-0.1, -0.05) is 28.1 Å². The maximum Gasteiger partial charge on any atom is 0.244 e. The van der Waals surface area contributed by atoms with Gasteiger partial charge in [-0.2, -0.15) is 0 Å². The zero-order valence-corrected chi connectivity index (χ0v) is 12.5. The van der Waals surface area contributed by atoms with Crippen LogP contribution in [0.4, 0.5) is 0 Å². The average Bonchev–Trinajstić information content (AvgIpc) is 2.33. The van der Waals surface area contributed by atoms with E-state index in [1.807, 2.05) is 25.1 Å². The summed E-state index contributed by atoms with van der Waals surface area (Å²) in [4.78, 5) is 11.7. The van der Waals surface area contributed by atoms with Crippen LogP contribution in [0.2, 0.25) is 0 Å². The number of halogens is 1. The maximum absolute atomic E-state index is 11.7. The summed E-state index contributed by atoms with van der Waals surface area (Å²) >= 11 is 3.47. The Bertz CT molecular complexity index is 507. The van der Waals surface area contributed by atoms with E-state index in [1.54, 1.807) is 6.08 Å². The van der Waals surface area contributed by atoms with Crippen molar-refractivity contribution in [3.63, 3.8) is 0 Å². The fourth-order valence-electron chi connectivity index (χ4n) is 2.01. The summed E-state index contributed by atoms with van der Waals surface area (Å²) in [6.45, 7) is 2.36. The number of rotatable bonds is 4. The Labute approximate surface area is 121 Å². The summed E-state index contributed by atoms with van der Waals surface area (Å²) in [6.07, 6.45) is 5.86. The van der Waals surface area contributed by atoms with Gasteiger partial charge in [0.15, 0.2) is 0 Å². The lowest BCUT2D eigenvalue weighted by molar-refractivity contribution is -0.118. The molecule has 0 saturated heterocycles. The molecule has 2 rings (SSSR count). The van der Waals surface area contributed by atoms with E-state index in [9.17, 15) is 9.90 Å². The highest BCUT2D eigenvalue weighted by Gasteiger charge is 2.34. The van der Waals surface area contributed by atoms with Crippen LogP contribution in [0.5, 0.6) is 0 Å². The van der Waals surface area contributed by atoms with Gasteiger partial charge in [0.05, 0.1) is 5.60 Å². The number of nitrogens with one attached hydrogen (secondary N) is 1. The lowest BCUT2D eigenvalue weighted by Gasteiger charge is -2.36. The summed E-state index contributed by atoms with van der Waals surface area (Å²) < 4.78 is 0.967. The Balaban J connectivity index is 1.89. The van der Waals surface area contributed by atoms with E-state index in [1.165, 1.54) is 11.6 Å². The molecule has 1 aromatic carbocycles. The number of benzene rings is 1. The molecule has 1 aliphatic carbocycles. The van der Waals surface area contributed by atoms with E-state index in [4.69, 9.17) is 0 Å². The molecule has 3 nitrogen and oxygen atoms in total. The first-order valence-electron chi connectivity index (χ1n) is 6.43. The van der Waals surface area contributed by atoms with Crippen LogP contribution >= 0.6 is 15.9 Å². The Hall–Kier alpha value is -1.13. The molecule has 0 unspecified atom stereocenters. The lowest BCUT2D eigenvalue weighted by Crippen LogP contribution is -2.47. The Morgan fingerprint density at radius 1 is 1.53 bits per heavy atom. The summed E-state index contributed by atoms with van der Waals surface area (Å²) in [7, 11) is 0. The molecule has 0 heterocycles. The fourth-order valence-corrected chi connectivity index (χ4v) is 2.63. The molecule has 1 aliphatic rings. The first-order valence-corrected chi connectivity index (χ1v) is 7.22. The van der Waals surface area contributed by atoms with Gasteiger partial charge >= 0.3 is 0 Å². The molecule has 2 N–H and O–H groups in total. The molecule has 1 saturated carbocycles. The van der Waals surface area contributed by atoms with Gasteiger partial charge in [0.1, 0.15) is 0 Å². The number of carbonyl (C=O) groups excluding carboxylic acids is 1. The van der Waals surface area contributed by atoms with Gasteiger partial charge in [0, 0.05) is 17.1 Å². The van der Waals surface area contributed by atoms with Crippen molar-refractivity contribution in [3.8, 4) is 0 Å². The molecule has 0 radical (unpaired) electrons. The minimum atomic E-state index is -0.673. The molecule has 0 bridgehead atoms. The second kappa shape index (κ2) is 5.88. The number of aliphatic hydroxyl groups is 1. The van der Waals surface area contributed by atoms with Crippen LogP contribution in [0.25, 0.3) is 6.08 Å². The van der Waals surface area contributed by atoms with Gasteiger partial charge in [-0.05, 0) is 49.5 Å². The van der Waals surface area contributed by atoms with E-state index in [0.717, 1.165) is 29.3 Å². The third kappa shape index (κ3) is 3.91. The minimum Gasteiger partial charge on any atom is -0.388 e. The molecule has 0 aromatic heterocycles. The summed E-state index contributed by atoms with van der Waals surface area (Å²) in [5.41, 5.74) is 1.46. The van der Waals surface area contributed by atoms with Gasteiger partial charge < -0.3 is 10.4 Å². The first-order chi connectivity index (χ1) is 8.98. The van der Waals surface area contributed by atoms with Crippen LogP contribution in [-0.4, -0.2) is 23.2 Å². The second-order valence-electron chi connectivity index (χ2n) is 5.15. The van der Waals surface area contributed by atoms with Crippen LogP contribution in [0.3, 0.4) is 0 Å². The maximum atomic E-state index is 11.7. The van der Waals surface area contributed by atoms with Crippen molar-refractivity contribution in [2.75, 3.05) is 6.54 Å². The number of amides is 1. The van der Waals surface area contributed by atoms with Crippen LogP contribution < -0.4 is 5.32 Å². The SMILES string of the molecule is Cc1ccc(/C=C/C(=O)NCC2(O)CCC2)c(Br)c1. The fraction of sp³-hybridized carbons (Fsp3) is 0.400. The number of carbonyl (C=O) groups is 1. The van der Waals surface area contributed by atoms with Crippen LogP contribution in [0.15, 0.2) is 28.7 Å². The number of aryl methyl sites for hydroxylation is 1. The Morgan fingerprint density at radius 3 is 2.84 bits per heavy atom. The second-order valence-corrected chi connectivity index (χ2v) is 6.01. The van der Waals surface area contributed by atoms with Crippen molar-refractivity contribution in [2.24, 2.45) is 0 Å². The van der Waals surface area contributed by atoms with Crippen LogP contribution in [-0.2, 0) is 4.79 Å². The van der Waals surface area contributed by atoms with Crippen molar-refractivity contribution in [1.29, 1.82) is 0 Å². The molecule has 19 heavy (non-hydrogen) atoms. The molecular formula is C15H18BrNO2. The molecule has 0 atom stereocenters. The van der Waals surface area contributed by atoms with Gasteiger partial charge in [0.2, 0.25) is 5.91 Å². The highest BCUT2D eigenvalue weighted by atomic mass is 79.9. The Kier molecular flexibility index (Phi) is 4.42. The summed E-state index contributed by atoms with van der Waals surface area (Å²) in [5.74, 6) is -0.173. The average molecular weight is 324 g/mol. The predicted molar refractivity (Wildman–Crippen MR) is 79.7 cm³/mol. The molecule has 0 spiro atoms. The molecule has 4 heteroatoms. The van der Waals surface area contributed by atoms with Crippen molar-refractivity contribution >= 4 is 27.9 Å². The van der Waals surface area contributed by atoms with Crippen molar-refractivity contribution in [3.05, 3.63) is 39.9 Å². The first kappa shape index (κ1) is 14.3. The minimum absolute atomic E-state index is 0.173. The largest absolute Gasteiger partial charge is 0.388 e. The highest BCUT2D eigenvalue weighted by Crippen LogP contribution is 2.30. The molecule has 1 amide bonds. The van der Waals surface area contributed by atoms with E-state index >= 15 is 0 Å². The van der Waals surface area contributed by atoms with Gasteiger partial charge in [-0.25, -0.2) is 0 Å². The van der Waals surface area contributed by atoms with Gasteiger partial charge in [-0.15, -0.1) is 0 Å². The van der Waals surface area contributed by atoms with Crippen molar-refractivity contribution in [2.45, 2.75) is 31.8 Å². The quantitative estimate of drug-likeness (QED) is 0.837. The molecule has 102 valence electrons. The third-order valence-electron chi connectivity index (χ3n) is 3.45. The van der Waals surface area contributed by atoms with Crippen molar-refractivity contribution < 1.29 is 9.90 Å². The van der Waals surface area contributed by atoms with Crippen LogP contribution in [0.1, 0.15) is 30.4 Å². The van der Waals surface area contributed by atoms with Crippen molar-refractivity contribution in [1.82, 2.24) is 5.32 Å². The Morgan fingerprint density at radius 2 is 2.26 bits per heavy atom. The zero-order valence-electron chi connectivity index (χ0n) is 10.9. The molecule has 0 aliphatic heterocycles. The molecule has 1 fully saturated rings. The zero-order chi connectivity index (χ0) is 13.9. The predicted octanol–water partition coefficient (Wildman–Crippen LogP) is 2.80. The third-order valence-corrected chi connectivity index (χ3v) is 4.13. The highest BCUT2D eigenvalue weighted by molar-refractivity contribution is 9.10. The smallest absolute Gasteiger partial charge is 0.244 e. The lowest BCUT2D eigenvalue weighted by atomic mass is 9.80. The molecule has 1 aromatic rings. The van der Waals surface area contributed by atoms with E-state index in [2.05, 4.69) is 21.2 Å². The monoisotopic (exact) mass is 323 g/mol. The van der Waals surface area contributed by atoms with Gasteiger partial charge in [-0.3, -0.25) is 4.79 Å². The van der Waals surface area contributed by atoms with E-state index in [-0.39, 0.29) is 5.91 Å². The summed E-state index contributed by atoms with van der Waals surface area (Å²) in [5, 5.41) is 12.6. The number of hydrogen-bond acceptors (Lipinski definition) is 2. The van der Waals surface area contributed by atoms with Crippen LogP contribution in [0, 0.1) is 6.92 Å². The normalized spacial score (nSPS) is 17.2. The molecular weight excluding hydrogens is 306 g/mol. The topological polar surface area (TPSA) is 49.3 Å². The summed E-state index contributed by atoms with van der Waals surface area (Å²) in [6, 6.07) is 5.97. The van der Waals surface area contributed by atoms with Gasteiger partial charge in [0.25, 0.3) is 0 Å².